The Hall–Kier alpha value is -0.310. The third kappa shape index (κ3) is 5.01. The quantitative estimate of drug-likeness (QED) is 0.456. The van der Waals surface area contributed by atoms with E-state index >= 15 is 0 Å². The summed E-state index contributed by atoms with van der Waals surface area (Å²) >= 11 is 3.64. The fourth-order valence-corrected chi connectivity index (χ4v) is 0.752. The van der Waals surface area contributed by atoms with Gasteiger partial charge in [0.25, 0.3) is 0 Å². The summed E-state index contributed by atoms with van der Waals surface area (Å²) in [6.07, 6.45) is 0. The van der Waals surface area contributed by atoms with Crippen LogP contribution in [0.3, 0.4) is 0 Å². The highest BCUT2D eigenvalue weighted by atomic mass is 32.2. The zero-order valence-corrected chi connectivity index (χ0v) is 7.14. The van der Waals surface area contributed by atoms with Crippen LogP contribution in [-0.4, -0.2) is 26.2 Å². The standard InChI is InChI=1S/C3H8N2O4S2/c4-2(1-10)3(6)9-11(5,7)8/h2,10H,1,4H2,(H2,5,7,8). The van der Waals surface area contributed by atoms with Crippen molar-refractivity contribution >= 4 is 28.9 Å². The highest BCUT2D eigenvalue weighted by molar-refractivity contribution is 7.84. The second kappa shape index (κ2) is 3.90. The van der Waals surface area contributed by atoms with Gasteiger partial charge >= 0.3 is 16.3 Å². The van der Waals surface area contributed by atoms with Crippen molar-refractivity contribution in [3.05, 3.63) is 0 Å². The summed E-state index contributed by atoms with van der Waals surface area (Å²) in [5.74, 6) is -1.11. The molecule has 11 heavy (non-hydrogen) atoms. The van der Waals surface area contributed by atoms with Crippen LogP contribution in [0.25, 0.3) is 0 Å². The molecule has 0 radical (unpaired) electrons. The Morgan fingerprint density at radius 3 is 2.36 bits per heavy atom. The molecule has 0 fully saturated rings. The van der Waals surface area contributed by atoms with Crippen molar-refractivity contribution in [3.8, 4) is 0 Å². The summed E-state index contributed by atoms with van der Waals surface area (Å²) < 4.78 is 24.0. The molecule has 0 aliphatic rings. The molecule has 6 nitrogen and oxygen atoms in total. The SMILES string of the molecule is NC(CS)C(=O)OS(N)(=O)=O. The van der Waals surface area contributed by atoms with Crippen LogP contribution in [0.4, 0.5) is 0 Å². The van der Waals surface area contributed by atoms with Crippen molar-refractivity contribution < 1.29 is 17.4 Å². The third-order valence-electron chi connectivity index (χ3n) is 0.698. The lowest BCUT2D eigenvalue weighted by Gasteiger charge is -2.04. The van der Waals surface area contributed by atoms with Gasteiger partial charge in [-0.3, -0.25) is 0 Å². The summed E-state index contributed by atoms with van der Waals surface area (Å²) in [4.78, 5) is 10.5. The van der Waals surface area contributed by atoms with Crippen molar-refractivity contribution in [1.82, 2.24) is 0 Å². The molecular formula is C3H8N2O4S2. The minimum absolute atomic E-state index is 0.00560. The molecule has 0 heterocycles. The normalized spacial score (nSPS) is 14.1. The molecule has 4 N–H and O–H groups in total. The topological polar surface area (TPSA) is 112 Å². The first-order valence-corrected chi connectivity index (χ1v) is 4.59. The minimum atomic E-state index is -4.24. The largest absolute Gasteiger partial charge is 0.382 e. The summed E-state index contributed by atoms with van der Waals surface area (Å²) in [6.45, 7) is 0. The van der Waals surface area contributed by atoms with Gasteiger partial charge in [0.05, 0.1) is 0 Å². The predicted octanol–water partition coefficient (Wildman–Crippen LogP) is -2.01. The van der Waals surface area contributed by atoms with Crippen LogP contribution >= 0.6 is 12.6 Å². The van der Waals surface area contributed by atoms with Crippen LogP contribution in [-0.2, 0) is 19.3 Å². The average Bonchev–Trinajstić information content (AvgIpc) is 1.82. The number of hydrogen-bond acceptors (Lipinski definition) is 6. The van der Waals surface area contributed by atoms with E-state index in [1.165, 1.54) is 0 Å². The molecule has 1 unspecified atom stereocenters. The lowest BCUT2D eigenvalue weighted by Crippen LogP contribution is -2.36. The number of nitrogens with two attached hydrogens (primary N) is 2. The Kier molecular flexibility index (Phi) is 3.79. The van der Waals surface area contributed by atoms with Gasteiger partial charge in [0.2, 0.25) is 0 Å². The van der Waals surface area contributed by atoms with Gasteiger partial charge in [0.15, 0.2) is 0 Å². The van der Waals surface area contributed by atoms with E-state index in [-0.39, 0.29) is 5.75 Å². The fraction of sp³-hybridized carbons (Fsp3) is 0.667. The number of carbonyl (C=O) groups excluding carboxylic acids is 1. The molecule has 0 aliphatic heterocycles. The first-order chi connectivity index (χ1) is 4.87. The van der Waals surface area contributed by atoms with E-state index < -0.39 is 22.3 Å². The number of thiol groups is 1. The molecular weight excluding hydrogens is 192 g/mol. The van der Waals surface area contributed by atoms with Crippen molar-refractivity contribution in [1.29, 1.82) is 0 Å². The second-order valence-electron chi connectivity index (χ2n) is 1.68. The van der Waals surface area contributed by atoms with Crippen LogP contribution < -0.4 is 10.9 Å². The molecule has 0 aromatic rings. The molecule has 0 amide bonds. The third-order valence-corrected chi connectivity index (χ3v) is 1.49. The van der Waals surface area contributed by atoms with Gasteiger partial charge in [-0.05, 0) is 0 Å². The summed E-state index contributed by atoms with van der Waals surface area (Å²) in [7, 11) is -4.24. The Morgan fingerprint density at radius 2 is 2.09 bits per heavy atom. The smallest absolute Gasteiger partial charge is 0.332 e. The molecule has 66 valence electrons. The van der Waals surface area contributed by atoms with E-state index in [2.05, 4.69) is 22.0 Å². The van der Waals surface area contributed by atoms with E-state index in [1.54, 1.807) is 0 Å². The van der Waals surface area contributed by atoms with Gasteiger partial charge < -0.3 is 9.92 Å². The van der Waals surface area contributed by atoms with Crippen LogP contribution in [0.2, 0.25) is 0 Å². The Balaban J connectivity index is 4.10. The van der Waals surface area contributed by atoms with E-state index in [1.807, 2.05) is 0 Å². The molecule has 8 heteroatoms. The highest BCUT2D eigenvalue weighted by Gasteiger charge is 2.18. The van der Waals surface area contributed by atoms with Gasteiger partial charge in [-0.1, -0.05) is 0 Å². The van der Waals surface area contributed by atoms with Gasteiger partial charge in [-0.15, -0.1) is 0 Å². The van der Waals surface area contributed by atoms with Crippen molar-refractivity contribution in [2.45, 2.75) is 6.04 Å². The van der Waals surface area contributed by atoms with Gasteiger partial charge in [0, 0.05) is 5.75 Å². The predicted molar refractivity (Wildman–Crippen MR) is 41.0 cm³/mol. The van der Waals surface area contributed by atoms with Gasteiger partial charge in [0.1, 0.15) is 6.04 Å². The molecule has 1 atom stereocenters. The molecule has 0 bridgehead atoms. The monoisotopic (exact) mass is 200 g/mol. The highest BCUT2D eigenvalue weighted by Crippen LogP contribution is 1.91. The lowest BCUT2D eigenvalue weighted by atomic mass is 10.4. The van der Waals surface area contributed by atoms with Crippen LogP contribution in [0.5, 0.6) is 0 Å². The van der Waals surface area contributed by atoms with Crippen LogP contribution in [0.1, 0.15) is 0 Å². The van der Waals surface area contributed by atoms with E-state index in [0.717, 1.165) is 0 Å². The molecule has 0 aromatic heterocycles. The molecule has 0 rings (SSSR count). The lowest BCUT2D eigenvalue weighted by molar-refractivity contribution is -0.134. The Bertz CT molecular complexity index is 236. The maximum atomic E-state index is 10.5. The van der Waals surface area contributed by atoms with Crippen LogP contribution in [0.15, 0.2) is 0 Å². The van der Waals surface area contributed by atoms with Gasteiger partial charge in [-0.2, -0.15) is 26.2 Å². The van der Waals surface area contributed by atoms with Crippen LogP contribution in [0, 0.1) is 0 Å². The fourth-order valence-electron chi connectivity index (χ4n) is 0.251. The molecule has 0 spiro atoms. The molecule has 0 aliphatic carbocycles. The number of rotatable bonds is 3. The molecule has 0 saturated heterocycles. The van der Waals surface area contributed by atoms with E-state index in [9.17, 15) is 13.2 Å². The van der Waals surface area contributed by atoms with Crippen molar-refractivity contribution in [2.75, 3.05) is 5.75 Å². The minimum Gasteiger partial charge on any atom is -0.332 e. The number of hydrogen-bond donors (Lipinski definition) is 3. The first kappa shape index (κ1) is 10.7. The van der Waals surface area contributed by atoms with Gasteiger partial charge in [-0.25, -0.2) is 4.79 Å². The Morgan fingerprint density at radius 1 is 1.64 bits per heavy atom. The second-order valence-corrected chi connectivity index (χ2v) is 3.20. The average molecular weight is 200 g/mol. The van der Waals surface area contributed by atoms with Crippen molar-refractivity contribution in [3.63, 3.8) is 0 Å². The maximum absolute atomic E-state index is 10.5. The van der Waals surface area contributed by atoms with Crippen molar-refractivity contribution in [2.24, 2.45) is 10.9 Å². The zero-order valence-electron chi connectivity index (χ0n) is 5.43. The summed E-state index contributed by atoms with van der Waals surface area (Å²) in [5, 5.41) is 4.38. The summed E-state index contributed by atoms with van der Waals surface area (Å²) in [6, 6.07) is -1.07. The first-order valence-electron chi connectivity index (χ1n) is 2.49. The number of carbonyl (C=O) groups is 1. The Labute approximate surface area is 69.5 Å². The summed E-state index contributed by atoms with van der Waals surface area (Å²) in [5.41, 5.74) is 5.05. The zero-order chi connectivity index (χ0) is 9.07. The van der Waals surface area contributed by atoms with E-state index in [4.69, 9.17) is 5.73 Å². The maximum Gasteiger partial charge on any atom is 0.382 e. The molecule has 0 saturated carbocycles. The van der Waals surface area contributed by atoms with E-state index in [0.29, 0.717) is 0 Å². The molecule has 0 aromatic carbocycles.